The van der Waals surface area contributed by atoms with Crippen LogP contribution >= 0.6 is 11.3 Å². The molecular formula is C13H21N3O2S. The lowest BCUT2D eigenvalue weighted by Crippen LogP contribution is -2.51. The fraction of sp³-hybridized carbons (Fsp3) is 0.692. The average molecular weight is 283 g/mol. The summed E-state index contributed by atoms with van der Waals surface area (Å²) >= 11 is 1.72. The first-order valence-electron chi connectivity index (χ1n) is 6.66. The van der Waals surface area contributed by atoms with Crippen LogP contribution in [0.15, 0.2) is 5.51 Å². The van der Waals surface area contributed by atoms with Gasteiger partial charge in [-0.2, -0.15) is 0 Å². The molecule has 1 N–H and O–H groups in total. The van der Waals surface area contributed by atoms with Crippen molar-refractivity contribution in [3.63, 3.8) is 0 Å². The lowest BCUT2D eigenvalue weighted by Gasteiger charge is -2.36. The molecular weight excluding hydrogens is 262 g/mol. The van der Waals surface area contributed by atoms with Gasteiger partial charge in [0.15, 0.2) is 0 Å². The monoisotopic (exact) mass is 283 g/mol. The van der Waals surface area contributed by atoms with Gasteiger partial charge in [0.05, 0.1) is 11.2 Å². The summed E-state index contributed by atoms with van der Waals surface area (Å²) in [6.07, 6.45) is 1.05. The lowest BCUT2D eigenvalue weighted by atomic mass is 10.2. The van der Waals surface area contributed by atoms with Crippen molar-refractivity contribution in [2.75, 3.05) is 32.7 Å². The van der Waals surface area contributed by atoms with Gasteiger partial charge >= 0.3 is 5.97 Å². The van der Waals surface area contributed by atoms with Crippen molar-refractivity contribution in [2.45, 2.75) is 26.3 Å². The molecule has 19 heavy (non-hydrogen) atoms. The Bertz CT molecular complexity index is 427. The number of carbonyl (C=O) groups is 1. The van der Waals surface area contributed by atoms with E-state index >= 15 is 0 Å². The molecule has 1 fully saturated rings. The van der Waals surface area contributed by atoms with E-state index in [1.807, 2.05) is 10.4 Å². The summed E-state index contributed by atoms with van der Waals surface area (Å²) in [5.41, 5.74) is 3.04. The number of hydrogen-bond donors (Lipinski definition) is 1. The topological polar surface area (TPSA) is 56.7 Å². The van der Waals surface area contributed by atoms with E-state index in [4.69, 9.17) is 5.11 Å². The summed E-state index contributed by atoms with van der Waals surface area (Å²) < 4.78 is 0. The summed E-state index contributed by atoms with van der Waals surface area (Å²) in [5.74, 6) is -0.728. The highest BCUT2D eigenvalue weighted by Crippen LogP contribution is 2.14. The molecule has 1 aliphatic heterocycles. The van der Waals surface area contributed by atoms with Crippen LogP contribution in [0.1, 0.15) is 17.5 Å². The van der Waals surface area contributed by atoms with E-state index in [1.165, 1.54) is 4.88 Å². The highest BCUT2D eigenvalue weighted by atomic mass is 32.1. The first-order chi connectivity index (χ1) is 9.08. The molecule has 0 amide bonds. The Morgan fingerprint density at radius 3 is 2.68 bits per heavy atom. The number of piperazine rings is 1. The molecule has 2 heterocycles. The van der Waals surface area contributed by atoms with Gasteiger partial charge in [-0.25, -0.2) is 4.98 Å². The number of aliphatic carboxylic acids is 1. The molecule has 0 saturated carbocycles. The van der Waals surface area contributed by atoms with Gasteiger partial charge in [-0.15, -0.1) is 11.3 Å². The predicted molar refractivity (Wildman–Crippen MR) is 75.7 cm³/mol. The van der Waals surface area contributed by atoms with Gasteiger partial charge in [0.1, 0.15) is 6.04 Å². The third kappa shape index (κ3) is 3.75. The number of aromatic nitrogens is 1. The van der Waals surface area contributed by atoms with E-state index in [-0.39, 0.29) is 6.04 Å². The fourth-order valence-electron chi connectivity index (χ4n) is 2.36. The predicted octanol–water partition coefficient (Wildman–Crippen LogP) is 1.08. The Hall–Kier alpha value is -0.980. The van der Waals surface area contributed by atoms with E-state index in [0.717, 1.165) is 44.8 Å². The van der Waals surface area contributed by atoms with E-state index in [0.29, 0.717) is 0 Å². The molecule has 0 radical (unpaired) electrons. The number of nitrogens with zero attached hydrogens (tertiary/aromatic N) is 3. The number of thiazole rings is 1. The van der Waals surface area contributed by atoms with E-state index in [2.05, 4.69) is 16.8 Å². The molecule has 0 spiro atoms. The van der Waals surface area contributed by atoms with Crippen LogP contribution in [-0.2, 0) is 11.2 Å². The highest BCUT2D eigenvalue weighted by molar-refractivity contribution is 7.09. The fourth-order valence-corrected chi connectivity index (χ4v) is 3.13. The summed E-state index contributed by atoms with van der Waals surface area (Å²) in [5, 5.41) is 9.00. The maximum atomic E-state index is 10.9. The Morgan fingerprint density at radius 1 is 1.47 bits per heavy atom. The standard InChI is InChI=1S/C13H21N3O2S/c1-10-12(19-9-14-10)3-4-15-5-7-16(8-6-15)11(2)13(17)18/h9,11H,3-8H2,1-2H3,(H,17,18). The largest absolute Gasteiger partial charge is 0.480 e. The molecule has 6 heteroatoms. The van der Waals surface area contributed by atoms with Crippen LogP contribution in [0.4, 0.5) is 0 Å². The molecule has 1 aromatic rings. The van der Waals surface area contributed by atoms with Gasteiger partial charge in [0, 0.05) is 37.6 Å². The van der Waals surface area contributed by atoms with E-state index in [9.17, 15) is 4.79 Å². The van der Waals surface area contributed by atoms with Crippen molar-refractivity contribution in [1.29, 1.82) is 0 Å². The summed E-state index contributed by atoms with van der Waals surface area (Å²) in [7, 11) is 0. The quantitative estimate of drug-likeness (QED) is 0.876. The van der Waals surface area contributed by atoms with E-state index < -0.39 is 5.97 Å². The van der Waals surface area contributed by atoms with Crippen molar-refractivity contribution >= 4 is 17.3 Å². The van der Waals surface area contributed by atoms with Crippen LogP contribution in [-0.4, -0.2) is 64.6 Å². The number of carboxylic acid groups (broad SMARTS) is 1. The molecule has 1 atom stereocenters. The second kappa shape index (κ2) is 6.45. The minimum Gasteiger partial charge on any atom is -0.480 e. The summed E-state index contributed by atoms with van der Waals surface area (Å²) in [6.45, 7) is 8.45. The van der Waals surface area contributed by atoms with Crippen LogP contribution < -0.4 is 0 Å². The molecule has 1 saturated heterocycles. The molecule has 1 aliphatic rings. The molecule has 5 nitrogen and oxygen atoms in total. The zero-order chi connectivity index (χ0) is 13.8. The van der Waals surface area contributed by atoms with Crippen LogP contribution in [0.2, 0.25) is 0 Å². The maximum Gasteiger partial charge on any atom is 0.320 e. The molecule has 0 aliphatic carbocycles. The molecule has 2 rings (SSSR count). The molecule has 1 aromatic heterocycles. The van der Waals surface area contributed by atoms with E-state index in [1.54, 1.807) is 18.3 Å². The van der Waals surface area contributed by atoms with Crippen LogP contribution in [0, 0.1) is 6.92 Å². The molecule has 1 unspecified atom stereocenters. The van der Waals surface area contributed by atoms with Crippen LogP contribution in [0.5, 0.6) is 0 Å². The Balaban J connectivity index is 1.75. The number of aryl methyl sites for hydroxylation is 1. The van der Waals surface area contributed by atoms with Gasteiger partial charge < -0.3 is 10.0 Å². The lowest BCUT2D eigenvalue weighted by molar-refractivity contribution is -0.143. The Labute approximate surface area is 117 Å². The van der Waals surface area contributed by atoms with Crippen molar-refractivity contribution in [3.05, 3.63) is 16.1 Å². The van der Waals surface area contributed by atoms with Gasteiger partial charge in [0.25, 0.3) is 0 Å². The van der Waals surface area contributed by atoms with Crippen molar-refractivity contribution < 1.29 is 9.90 Å². The average Bonchev–Trinajstić information content (AvgIpc) is 2.81. The third-order valence-corrected chi connectivity index (χ3v) is 4.81. The van der Waals surface area contributed by atoms with Crippen molar-refractivity contribution in [3.8, 4) is 0 Å². The first-order valence-corrected chi connectivity index (χ1v) is 7.54. The Morgan fingerprint density at radius 2 is 2.16 bits per heavy atom. The van der Waals surface area contributed by atoms with Gasteiger partial charge in [-0.05, 0) is 20.3 Å². The second-order valence-electron chi connectivity index (χ2n) is 5.00. The zero-order valence-electron chi connectivity index (χ0n) is 11.5. The normalized spacial score (nSPS) is 19.5. The number of rotatable bonds is 5. The molecule has 106 valence electrons. The Kier molecular flexibility index (Phi) is 4.90. The zero-order valence-corrected chi connectivity index (χ0v) is 12.3. The summed E-state index contributed by atoms with van der Waals surface area (Å²) in [6, 6.07) is -0.370. The van der Waals surface area contributed by atoms with Gasteiger partial charge in [0.2, 0.25) is 0 Å². The molecule has 0 bridgehead atoms. The van der Waals surface area contributed by atoms with Gasteiger partial charge in [-0.3, -0.25) is 9.69 Å². The highest BCUT2D eigenvalue weighted by Gasteiger charge is 2.24. The first kappa shape index (κ1) is 14.4. The second-order valence-corrected chi connectivity index (χ2v) is 5.94. The summed E-state index contributed by atoms with van der Waals surface area (Å²) in [4.78, 5) is 21.0. The minimum atomic E-state index is -0.728. The molecule has 0 aromatic carbocycles. The minimum absolute atomic E-state index is 0.370. The number of carboxylic acids is 1. The van der Waals surface area contributed by atoms with Crippen molar-refractivity contribution in [2.24, 2.45) is 0 Å². The maximum absolute atomic E-state index is 10.9. The SMILES string of the molecule is Cc1ncsc1CCN1CCN(C(C)C(=O)O)CC1. The smallest absolute Gasteiger partial charge is 0.320 e. The number of hydrogen-bond acceptors (Lipinski definition) is 5. The third-order valence-electron chi connectivity index (χ3n) is 3.81. The van der Waals surface area contributed by atoms with Gasteiger partial charge in [-0.1, -0.05) is 0 Å². The van der Waals surface area contributed by atoms with Crippen LogP contribution in [0.25, 0.3) is 0 Å². The van der Waals surface area contributed by atoms with Crippen LogP contribution in [0.3, 0.4) is 0 Å². The van der Waals surface area contributed by atoms with Crippen molar-refractivity contribution in [1.82, 2.24) is 14.8 Å².